The third kappa shape index (κ3) is 3.57. The molecule has 0 aliphatic carbocycles. The van der Waals surface area contributed by atoms with Gasteiger partial charge in [-0.2, -0.15) is 0 Å². The summed E-state index contributed by atoms with van der Waals surface area (Å²) in [6.07, 6.45) is 1.29. The fraction of sp³-hybridized carbons (Fsp3) is 0.562. The van der Waals surface area contributed by atoms with Crippen LogP contribution in [-0.4, -0.2) is 47.9 Å². The second-order valence-corrected chi connectivity index (χ2v) is 5.44. The van der Waals surface area contributed by atoms with Crippen molar-refractivity contribution in [3.05, 3.63) is 35.6 Å². The molecule has 110 valence electrons. The lowest BCUT2D eigenvalue weighted by Gasteiger charge is -2.37. The van der Waals surface area contributed by atoms with Gasteiger partial charge in [0.25, 0.3) is 0 Å². The number of amides is 1. The Kier molecular flexibility index (Phi) is 5.12. The van der Waals surface area contributed by atoms with Crippen LogP contribution >= 0.6 is 0 Å². The Balaban J connectivity index is 1.88. The standard InChI is InChI=1S/C16H23FN2O/c1-3-13(2)18-8-10-19(11-9-18)16(20)12-14-6-4-5-7-15(14)17/h4-7,13H,3,8-12H2,1-2H3. The van der Waals surface area contributed by atoms with Gasteiger partial charge in [0.05, 0.1) is 6.42 Å². The first-order chi connectivity index (χ1) is 9.61. The van der Waals surface area contributed by atoms with Gasteiger partial charge in [-0.25, -0.2) is 4.39 Å². The van der Waals surface area contributed by atoms with Crippen molar-refractivity contribution in [3.63, 3.8) is 0 Å². The molecule has 1 aliphatic heterocycles. The Morgan fingerprint density at radius 3 is 2.50 bits per heavy atom. The molecule has 0 spiro atoms. The van der Waals surface area contributed by atoms with Crippen LogP contribution in [0.15, 0.2) is 24.3 Å². The lowest BCUT2D eigenvalue weighted by Crippen LogP contribution is -2.51. The second kappa shape index (κ2) is 6.84. The van der Waals surface area contributed by atoms with E-state index in [1.807, 2.05) is 4.90 Å². The molecule has 1 aliphatic rings. The molecule has 1 saturated heterocycles. The minimum atomic E-state index is -0.293. The summed E-state index contributed by atoms with van der Waals surface area (Å²) >= 11 is 0. The number of nitrogens with zero attached hydrogens (tertiary/aromatic N) is 2. The summed E-state index contributed by atoms with van der Waals surface area (Å²) in [7, 11) is 0. The van der Waals surface area contributed by atoms with Gasteiger partial charge in [0.1, 0.15) is 5.82 Å². The summed E-state index contributed by atoms with van der Waals surface area (Å²) in [6.45, 7) is 7.72. The zero-order chi connectivity index (χ0) is 14.5. The van der Waals surface area contributed by atoms with E-state index in [0.717, 1.165) is 32.6 Å². The van der Waals surface area contributed by atoms with Crippen LogP contribution in [0, 0.1) is 5.82 Å². The maximum Gasteiger partial charge on any atom is 0.227 e. The minimum absolute atomic E-state index is 0.0268. The molecule has 2 rings (SSSR count). The van der Waals surface area contributed by atoms with Crippen molar-refractivity contribution in [2.24, 2.45) is 0 Å². The van der Waals surface area contributed by atoms with Crippen LogP contribution in [0.4, 0.5) is 4.39 Å². The van der Waals surface area contributed by atoms with Gasteiger partial charge in [0.2, 0.25) is 5.91 Å². The predicted molar refractivity (Wildman–Crippen MR) is 78.0 cm³/mol. The molecule has 0 radical (unpaired) electrons. The fourth-order valence-electron chi connectivity index (χ4n) is 2.59. The van der Waals surface area contributed by atoms with Crippen molar-refractivity contribution < 1.29 is 9.18 Å². The van der Waals surface area contributed by atoms with Crippen molar-refractivity contribution in [3.8, 4) is 0 Å². The third-order valence-electron chi connectivity index (χ3n) is 4.18. The second-order valence-electron chi connectivity index (χ2n) is 5.44. The Morgan fingerprint density at radius 2 is 1.90 bits per heavy atom. The van der Waals surface area contributed by atoms with E-state index in [-0.39, 0.29) is 18.1 Å². The highest BCUT2D eigenvalue weighted by Gasteiger charge is 2.23. The summed E-state index contributed by atoms with van der Waals surface area (Å²) in [5.74, 6) is -0.266. The number of piperazine rings is 1. The SMILES string of the molecule is CCC(C)N1CCN(C(=O)Cc2ccccc2F)CC1. The maximum absolute atomic E-state index is 13.6. The molecule has 0 N–H and O–H groups in total. The molecule has 1 amide bonds. The number of carbonyl (C=O) groups excluding carboxylic acids is 1. The van der Waals surface area contributed by atoms with Crippen LogP contribution in [0.5, 0.6) is 0 Å². The molecule has 3 nitrogen and oxygen atoms in total. The molecule has 0 aromatic heterocycles. The first-order valence-corrected chi connectivity index (χ1v) is 7.37. The number of carbonyl (C=O) groups is 1. The van der Waals surface area contributed by atoms with Crippen LogP contribution < -0.4 is 0 Å². The summed E-state index contributed by atoms with van der Waals surface area (Å²) in [5.41, 5.74) is 0.488. The number of hydrogen-bond acceptors (Lipinski definition) is 2. The fourth-order valence-corrected chi connectivity index (χ4v) is 2.59. The van der Waals surface area contributed by atoms with Crippen LogP contribution in [-0.2, 0) is 11.2 Å². The molecule has 1 heterocycles. The Morgan fingerprint density at radius 1 is 1.25 bits per heavy atom. The van der Waals surface area contributed by atoms with Gasteiger partial charge in [-0.3, -0.25) is 9.69 Å². The van der Waals surface area contributed by atoms with E-state index in [2.05, 4.69) is 18.7 Å². The van der Waals surface area contributed by atoms with Crippen LogP contribution in [0.3, 0.4) is 0 Å². The summed E-state index contributed by atoms with van der Waals surface area (Å²) in [4.78, 5) is 16.5. The summed E-state index contributed by atoms with van der Waals surface area (Å²) < 4.78 is 13.6. The Bertz CT molecular complexity index is 456. The van der Waals surface area contributed by atoms with Crippen molar-refractivity contribution in [2.45, 2.75) is 32.7 Å². The van der Waals surface area contributed by atoms with Crippen molar-refractivity contribution in [1.82, 2.24) is 9.80 Å². The van der Waals surface area contributed by atoms with Crippen molar-refractivity contribution in [2.75, 3.05) is 26.2 Å². The van der Waals surface area contributed by atoms with Gasteiger partial charge in [0, 0.05) is 32.2 Å². The van der Waals surface area contributed by atoms with Gasteiger partial charge >= 0.3 is 0 Å². The number of rotatable bonds is 4. The quantitative estimate of drug-likeness (QED) is 0.844. The van der Waals surface area contributed by atoms with E-state index in [1.54, 1.807) is 18.2 Å². The molecule has 20 heavy (non-hydrogen) atoms. The van der Waals surface area contributed by atoms with E-state index < -0.39 is 0 Å². The van der Waals surface area contributed by atoms with Crippen molar-refractivity contribution >= 4 is 5.91 Å². The topological polar surface area (TPSA) is 23.6 Å². The molecule has 1 aromatic rings. The highest BCUT2D eigenvalue weighted by atomic mass is 19.1. The summed E-state index contributed by atoms with van der Waals surface area (Å²) in [6, 6.07) is 7.08. The maximum atomic E-state index is 13.6. The van der Waals surface area contributed by atoms with Crippen LogP contribution in [0.25, 0.3) is 0 Å². The first-order valence-electron chi connectivity index (χ1n) is 7.37. The van der Waals surface area contributed by atoms with E-state index in [1.165, 1.54) is 6.07 Å². The zero-order valence-corrected chi connectivity index (χ0v) is 12.3. The average molecular weight is 278 g/mol. The highest BCUT2D eigenvalue weighted by Crippen LogP contribution is 2.12. The molecule has 1 atom stereocenters. The Hall–Kier alpha value is -1.42. The molecule has 0 bridgehead atoms. The lowest BCUT2D eigenvalue weighted by molar-refractivity contribution is -0.132. The van der Waals surface area contributed by atoms with Gasteiger partial charge in [-0.05, 0) is 25.0 Å². The number of halogens is 1. The smallest absolute Gasteiger partial charge is 0.227 e. The summed E-state index contributed by atoms with van der Waals surface area (Å²) in [5, 5.41) is 0. The third-order valence-corrected chi connectivity index (χ3v) is 4.18. The first kappa shape index (κ1) is 15.0. The molecular formula is C16H23FN2O. The normalized spacial score (nSPS) is 18.1. The molecule has 1 aromatic carbocycles. The molecule has 0 saturated carbocycles. The Labute approximate surface area is 120 Å². The molecule has 1 unspecified atom stereocenters. The van der Waals surface area contributed by atoms with E-state index >= 15 is 0 Å². The number of hydrogen-bond donors (Lipinski definition) is 0. The molecule has 4 heteroatoms. The monoisotopic (exact) mass is 278 g/mol. The average Bonchev–Trinajstić information content (AvgIpc) is 2.49. The van der Waals surface area contributed by atoms with Crippen LogP contribution in [0.1, 0.15) is 25.8 Å². The highest BCUT2D eigenvalue weighted by molar-refractivity contribution is 5.79. The number of benzene rings is 1. The predicted octanol–water partition coefficient (Wildman–Crippen LogP) is 2.31. The van der Waals surface area contributed by atoms with Gasteiger partial charge in [-0.15, -0.1) is 0 Å². The zero-order valence-electron chi connectivity index (χ0n) is 12.3. The van der Waals surface area contributed by atoms with Gasteiger partial charge in [0.15, 0.2) is 0 Å². The lowest BCUT2D eigenvalue weighted by atomic mass is 10.1. The molecule has 1 fully saturated rings. The van der Waals surface area contributed by atoms with E-state index in [9.17, 15) is 9.18 Å². The van der Waals surface area contributed by atoms with E-state index in [0.29, 0.717) is 11.6 Å². The van der Waals surface area contributed by atoms with Gasteiger partial charge in [-0.1, -0.05) is 25.1 Å². The van der Waals surface area contributed by atoms with E-state index in [4.69, 9.17) is 0 Å². The van der Waals surface area contributed by atoms with Crippen molar-refractivity contribution in [1.29, 1.82) is 0 Å². The van der Waals surface area contributed by atoms with Crippen LogP contribution in [0.2, 0.25) is 0 Å². The van der Waals surface area contributed by atoms with Gasteiger partial charge < -0.3 is 4.90 Å². The molecular weight excluding hydrogens is 255 g/mol. The minimum Gasteiger partial charge on any atom is -0.340 e. The largest absolute Gasteiger partial charge is 0.340 e.